The number of amides is 3. The van der Waals surface area contributed by atoms with Gasteiger partial charge in [0.05, 0.1) is 5.92 Å². The highest BCUT2D eigenvalue weighted by Gasteiger charge is 2.29. The molecule has 0 radical (unpaired) electrons. The van der Waals surface area contributed by atoms with E-state index in [4.69, 9.17) is 0 Å². The molecule has 1 aliphatic rings. The van der Waals surface area contributed by atoms with E-state index < -0.39 is 0 Å². The fraction of sp³-hybridized carbons (Fsp3) is 0.222. The molecule has 0 saturated heterocycles. The van der Waals surface area contributed by atoms with Gasteiger partial charge in [0, 0.05) is 17.9 Å². The van der Waals surface area contributed by atoms with E-state index in [1.54, 1.807) is 0 Å². The Hall–Kier alpha value is -2.82. The largest absolute Gasteiger partial charge is 0.338 e. The van der Waals surface area contributed by atoms with Gasteiger partial charge in [-0.05, 0) is 37.1 Å². The monoisotopic (exact) mass is 309 g/mol. The van der Waals surface area contributed by atoms with Gasteiger partial charge in [-0.2, -0.15) is 0 Å². The molecule has 3 rings (SSSR count). The summed E-state index contributed by atoms with van der Waals surface area (Å²) in [5.41, 5.74) is 3.75. The number of anilines is 2. The van der Waals surface area contributed by atoms with Crippen LogP contribution < -0.4 is 16.0 Å². The van der Waals surface area contributed by atoms with Crippen molar-refractivity contribution in [2.45, 2.75) is 19.3 Å². The van der Waals surface area contributed by atoms with Crippen LogP contribution in [0.15, 0.2) is 48.5 Å². The average Bonchev–Trinajstić information content (AvgIpc) is 2.86. The highest BCUT2D eigenvalue weighted by atomic mass is 16.2. The molecule has 2 aromatic rings. The van der Waals surface area contributed by atoms with Crippen LogP contribution in [0, 0.1) is 6.92 Å². The number of carbonyl (C=O) groups is 2. The first-order valence-corrected chi connectivity index (χ1v) is 7.65. The van der Waals surface area contributed by atoms with Gasteiger partial charge in [-0.25, -0.2) is 4.79 Å². The third kappa shape index (κ3) is 3.51. The highest BCUT2D eigenvalue weighted by Crippen LogP contribution is 2.33. The van der Waals surface area contributed by atoms with E-state index in [2.05, 4.69) is 16.0 Å². The second kappa shape index (κ2) is 6.52. The van der Waals surface area contributed by atoms with Crippen LogP contribution in [0.2, 0.25) is 0 Å². The lowest BCUT2D eigenvalue weighted by Gasteiger charge is -2.11. The Kier molecular flexibility index (Phi) is 4.28. The van der Waals surface area contributed by atoms with Crippen molar-refractivity contribution in [2.24, 2.45) is 0 Å². The quantitative estimate of drug-likeness (QED) is 0.811. The van der Waals surface area contributed by atoms with Gasteiger partial charge in [-0.1, -0.05) is 35.9 Å². The maximum Gasteiger partial charge on any atom is 0.319 e. The van der Waals surface area contributed by atoms with Crippen LogP contribution in [0.1, 0.15) is 23.5 Å². The summed E-state index contributed by atoms with van der Waals surface area (Å²) < 4.78 is 0. The van der Waals surface area contributed by atoms with Crippen LogP contribution >= 0.6 is 0 Å². The number of fused-ring (bicyclic) bond motifs is 1. The van der Waals surface area contributed by atoms with E-state index >= 15 is 0 Å². The zero-order valence-corrected chi connectivity index (χ0v) is 12.9. The molecule has 23 heavy (non-hydrogen) atoms. The number of carbonyl (C=O) groups excluding carboxylic acids is 2. The molecule has 0 bridgehead atoms. The third-order valence-corrected chi connectivity index (χ3v) is 3.94. The van der Waals surface area contributed by atoms with E-state index in [0.717, 1.165) is 22.5 Å². The number of nitrogens with one attached hydrogen (secondary N) is 3. The summed E-state index contributed by atoms with van der Waals surface area (Å²) in [5.74, 6) is -0.210. The Balaban J connectivity index is 1.50. The fourth-order valence-corrected chi connectivity index (χ4v) is 2.70. The van der Waals surface area contributed by atoms with Crippen LogP contribution in [0.25, 0.3) is 0 Å². The highest BCUT2D eigenvalue weighted by molar-refractivity contribution is 6.02. The minimum Gasteiger partial charge on any atom is -0.338 e. The number of urea groups is 1. The van der Waals surface area contributed by atoms with Crippen molar-refractivity contribution in [1.82, 2.24) is 5.32 Å². The summed E-state index contributed by atoms with van der Waals surface area (Å²) in [7, 11) is 0. The van der Waals surface area contributed by atoms with Crippen LogP contribution in [-0.4, -0.2) is 18.5 Å². The van der Waals surface area contributed by atoms with E-state index in [1.807, 2.05) is 55.5 Å². The van der Waals surface area contributed by atoms with Crippen molar-refractivity contribution in [3.8, 4) is 0 Å². The zero-order chi connectivity index (χ0) is 16.2. The van der Waals surface area contributed by atoms with Gasteiger partial charge in [0.25, 0.3) is 0 Å². The molecule has 1 heterocycles. The molecule has 1 aliphatic heterocycles. The van der Waals surface area contributed by atoms with E-state index in [1.165, 1.54) is 0 Å². The Morgan fingerprint density at radius 1 is 1.13 bits per heavy atom. The van der Waals surface area contributed by atoms with Crippen molar-refractivity contribution >= 4 is 23.3 Å². The van der Waals surface area contributed by atoms with E-state index in [-0.39, 0.29) is 17.9 Å². The Morgan fingerprint density at radius 2 is 1.87 bits per heavy atom. The maximum absolute atomic E-state index is 12.0. The van der Waals surface area contributed by atoms with Crippen LogP contribution in [0.3, 0.4) is 0 Å². The minimum absolute atomic E-state index is 0.00746. The molecule has 5 heteroatoms. The topological polar surface area (TPSA) is 70.2 Å². The first-order chi connectivity index (χ1) is 11.1. The molecular weight excluding hydrogens is 290 g/mol. The van der Waals surface area contributed by atoms with Gasteiger partial charge in [-0.3, -0.25) is 4.79 Å². The van der Waals surface area contributed by atoms with Crippen LogP contribution in [0.4, 0.5) is 16.2 Å². The van der Waals surface area contributed by atoms with Crippen molar-refractivity contribution in [1.29, 1.82) is 0 Å². The second-order valence-electron chi connectivity index (χ2n) is 5.66. The molecule has 3 amide bonds. The van der Waals surface area contributed by atoms with E-state index in [0.29, 0.717) is 13.0 Å². The summed E-state index contributed by atoms with van der Waals surface area (Å²) in [5, 5.41) is 8.43. The van der Waals surface area contributed by atoms with E-state index in [9.17, 15) is 9.59 Å². The van der Waals surface area contributed by atoms with Gasteiger partial charge in [0.1, 0.15) is 0 Å². The average molecular weight is 309 g/mol. The molecule has 0 unspecified atom stereocenters. The number of aryl methyl sites for hydroxylation is 1. The minimum atomic E-state index is -0.263. The van der Waals surface area contributed by atoms with Gasteiger partial charge in [-0.15, -0.1) is 0 Å². The molecule has 3 N–H and O–H groups in total. The van der Waals surface area contributed by atoms with Crippen molar-refractivity contribution in [3.05, 3.63) is 59.7 Å². The van der Waals surface area contributed by atoms with Gasteiger partial charge >= 0.3 is 6.03 Å². The molecule has 0 aromatic heterocycles. The smallest absolute Gasteiger partial charge is 0.319 e. The summed E-state index contributed by atoms with van der Waals surface area (Å²) in [4.78, 5) is 23.9. The summed E-state index contributed by atoms with van der Waals surface area (Å²) in [6.07, 6.45) is 0.574. The first-order valence-electron chi connectivity index (χ1n) is 7.65. The molecule has 118 valence electrons. The normalized spacial score (nSPS) is 15.7. The second-order valence-corrected chi connectivity index (χ2v) is 5.66. The standard InChI is InChI=1S/C18H19N3O2/c1-12-6-8-13(9-7-12)20-18(23)19-11-10-15-14-4-2-3-5-16(14)21-17(15)22/h2-9,15H,10-11H2,1H3,(H,21,22)(H2,19,20,23)/t15-/m0/s1. The number of rotatable bonds is 4. The molecule has 0 aliphatic carbocycles. The van der Waals surface area contributed by atoms with Gasteiger partial charge in [0.15, 0.2) is 0 Å². The summed E-state index contributed by atoms with van der Waals surface area (Å²) >= 11 is 0. The zero-order valence-electron chi connectivity index (χ0n) is 12.9. The molecule has 0 fully saturated rings. The van der Waals surface area contributed by atoms with Crippen LogP contribution in [-0.2, 0) is 4.79 Å². The number of para-hydroxylation sites is 1. The lowest BCUT2D eigenvalue weighted by atomic mass is 9.97. The fourth-order valence-electron chi connectivity index (χ4n) is 2.70. The molecule has 5 nitrogen and oxygen atoms in total. The molecular formula is C18H19N3O2. The lowest BCUT2D eigenvalue weighted by molar-refractivity contribution is -0.117. The third-order valence-electron chi connectivity index (χ3n) is 3.94. The molecule has 1 atom stereocenters. The van der Waals surface area contributed by atoms with Crippen molar-refractivity contribution < 1.29 is 9.59 Å². The van der Waals surface area contributed by atoms with Crippen molar-refractivity contribution in [2.75, 3.05) is 17.2 Å². The molecule has 2 aromatic carbocycles. The first kappa shape index (κ1) is 15.1. The van der Waals surface area contributed by atoms with Gasteiger partial charge < -0.3 is 16.0 Å². The SMILES string of the molecule is Cc1ccc(NC(=O)NCC[C@@H]2C(=O)Nc3ccccc32)cc1. The summed E-state index contributed by atoms with van der Waals surface area (Å²) in [6.45, 7) is 2.43. The molecule has 0 saturated carbocycles. The number of hydrogen-bond acceptors (Lipinski definition) is 2. The Bertz CT molecular complexity index is 725. The Labute approximate surface area is 135 Å². The lowest BCUT2D eigenvalue weighted by Crippen LogP contribution is -2.31. The summed E-state index contributed by atoms with van der Waals surface area (Å²) in [6, 6.07) is 15.0. The predicted molar refractivity (Wildman–Crippen MR) is 90.6 cm³/mol. The number of benzene rings is 2. The molecule has 0 spiro atoms. The predicted octanol–water partition coefficient (Wildman–Crippen LogP) is 3.24. The van der Waals surface area contributed by atoms with Gasteiger partial charge in [0.2, 0.25) is 5.91 Å². The maximum atomic E-state index is 12.0. The Morgan fingerprint density at radius 3 is 2.65 bits per heavy atom. The van der Waals surface area contributed by atoms with Crippen LogP contribution in [0.5, 0.6) is 0 Å². The van der Waals surface area contributed by atoms with Crippen molar-refractivity contribution in [3.63, 3.8) is 0 Å². The number of hydrogen-bond donors (Lipinski definition) is 3.